The highest BCUT2D eigenvalue weighted by atomic mass is 19.4. The van der Waals surface area contributed by atoms with Crippen LogP contribution in [0.5, 0.6) is 0 Å². The van der Waals surface area contributed by atoms with Crippen LogP contribution in [-0.4, -0.2) is 18.8 Å². The Bertz CT molecular complexity index is 592. The van der Waals surface area contributed by atoms with Gasteiger partial charge in [-0.2, -0.15) is 18.2 Å². The Labute approximate surface area is 138 Å². The van der Waals surface area contributed by atoms with E-state index < -0.39 is 23.9 Å². The van der Waals surface area contributed by atoms with Gasteiger partial charge in [0.1, 0.15) is 0 Å². The summed E-state index contributed by atoms with van der Waals surface area (Å²) >= 11 is 0. The number of nitrogens with two attached hydrogens (primary N) is 1. The maximum absolute atomic E-state index is 12.9. The largest absolute Gasteiger partial charge is 0.533 e. The van der Waals surface area contributed by atoms with E-state index in [0.29, 0.717) is 30.5 Å². The minimum atomic E-state index is -4.46. The monoisotopic (exact) mass is 346 g/mol. The van der Waals surface area contributed by atoms with Crippen molar-refractivity contribution in [1.29, 1.82) is 0 Å². The quantitative estimate of drug-likeness (QED) is 0.829. The van der Waals surface area contributed by atoms with E-state index in [9.17, 15) is 18.0 Å². The molecule has 0 fully saturated rings. The minimum Gasteiger partial charge on any atom is -0.433 e. The molecule has 0 unspecified atom stereocenters. The van der Waals surface area contributed by atoms with E-state index in [0.717, 1.165) is 12.1 Å². The topological polar surface area (TPSA) is 64.8 Å². The summed E-state index contributed by atoms with van der Waals surface area (Å²) in [6.45, 7) is 3.94. The number of hydrogen-bond acceptors (Lipinski definition) is 5. The van der Waals surface area contributed by atoms with Gasteiger partial charge < -0.3 is 15.3 Å². The predicted octanol–water partition coefficient (Wildman–Crippen LogP) is 4.17. The van der Waals surface area contributed by atoms with Crippen LogP contribution in [-0.2, 0) is 15.8 Å². The van der Waals surface area contributed by atoms with Crippen LogP contribution in [0.4, 0.5) is 23.7 Å². The van der Waals surface area contributed by atoms with Crippen LogP contribution < -0.4 is 10.8 Å². The number of hydrogen-bond donors (Lipinski definition) is 1. The van der Waals surface area contributed by atoms with Gasteiger partial charge in [0, 0.05) is 6.04 Å². The van der Waals surface area contributed by atoms with E-state index in [1.165, 1.54) is 11.1 Å². The van der Waals surface area contributed by atoms with Gasteiger partial charge in [0.2, 0.25) is 0 Å². The number of hydroxylamine groups is 1. The van der Waals surface area contributed by atoms with Crippen LogP contribution in [0.3, 0.4) is 0 Å². The number of nitrogens with zero attached hydrogens (tertiary/aromatic N) is 1. The first-order valence-electron chi connectivity index (χ1n) is 7.88. The number of fused-ring (bicyclic) bond motifs is 1. The molecule has 2 N–H and O–H groups in total. The maximum atomic E-state index is 12.9. The van der Waals surface area contributed by atoms with E-state index in [-0.39, 0.29) is 12.6 Å². The smallest absolute Gasteiger partial charge is 0.433 e. The fraction of sp³-hybridized carbons (Fsp3) is 0.562. The van der Waals surface area contributed by atoms with Crippen molar-refractivity contribution >= 4 is 11.8 Å². The molecule has 2 rings (SSSR count). The SMILES string of the molecule is CCCOC(=O)ON1c2ccc(C(F)(F)F)cc2[C@@H](N)C[C@H]1CC. The van der Waals surface area contributed by atoms with Gasteiger partial charge in [0.15, 0.2) is 0 Å². The molecule has 1 aromatic carbocycles. The predicted molar refractivity (Wildman–Crippen MR) is 82.3 cm³/mol. The molecule has 0 amide bonds. The van der Waals surface area contributed by atoms with Crippen LogP contribution in [0.15, 0.2) is 18.2 Å². The molecule has 1 aliphatic heterocycles. The maximum Gasteiger partial charge on any atom is 0.533 e. The number of benzene rings is 1. The Hall–Kier alpha value is -1.96. The molecule has 0 aliphatic carbocycles. The molecule has 5 nitrogen and oxygen atoms in total. The molecule has 24 heavy (non-hydrogen) atoms. The molecule has 0 radical (unpaired) electrons. The molecular weight excluding hydrogens is 325 g/mol. The van der Waals surface area contributed by atoms with Gasteiger partial charge >= 0.3 is 12.3 Å². The Balaban J connectivity index is 2.33. The standard InChI is InChI=1S/C16H21F3N2O3/c1-3-7-23-15(22)24-21-11(4-2)9-13(20)12-8-10(16(17,18)19)5-6-14(12)21/h5-6,8,11,13H,3-4,7,9,20H2,1-2H3/t11-,13+/m1/s1. The highest BCUT2D eigenvalue weighted by Gasteiger charge is 2.37. The highest BCUT2D eigenvalue weighted by Crippen LogP contribution is 2.40. The van der Waals surface area contributed by atoms with E-state index in [1.54, 1.807) is 0 Å². The molecule has 134 valence electrons. The zero-order valence-corrected chi connectivity index (χ0v) is 13.6. The fourth-order valence-electron chi connectivity index (χ4n) is 2.69. The summed E-state index contributed by atoms with van der Waals surface area (Å²) in [7, 11) is 0. The lowest BCUT2D eigenvalue weighted by molar-refractivity contribution is -0.137. The highest BCUT2D eigenvalue weighted by molar-refractivity contribution is 5.65. The number of ether oxygens (including phenoxy) is 1. The van der Waals surface area contributed by atoms with Crippen molar-refractivity contribution in [2.24, 2.45) is 5.73 Å². The number of carbonyl (C=O) groups excluding carboxylic acids is 1. The number of halogens is 3. The number of anilines is 1. The van der Waals surface area contributed by atoms with E-state index >= 15 is 0 Å². The van der Waals surface area contributed by atoms with Crippen molar-refractivity contribution in [2.75, 3.05) is 11.7 Å². The van der Waals surface area contributed by atoms with E-state index in [2.05, 4.69) is 0 Å². The molecular formula is C16H21F3N2O3. The van der Waals surface area contributed by atoms with Crippen molar-refractivity contribution in [3.8, 4) is 0 Å². The molecule has 0 saturated heterocycles. The number of carbonyl (C=O) groups is 1. The summed E-state index contributed by atoms with van der Waals surface area (Å²) in [5.74, 6) is 0. The van der Waals surface area contributed by atoms with Crippen LogP contribution in [0.25, 0.3) is 0 Å². The van der Waals surface area contributed by atoms with E-state index in [1.807, 2.05) is 13.8 Å². The summed E-state index contributed by atoms with van der Waals surface area (Å²) < 4.78 is 43.6. The molecule has 8 heteroatoms. The second kappa shape index (κ2) is 7.29. The second-order valence-electron chi connectivity index (χ2n) is 5.69. The number of alkyl halides is 3. The molecule has 0 aromatic heterocycles. The summed E-state index contributed by atoms with van der Waals surface area (Å²) in [6.07, 6.45) is -3.69. The summed E-state index contributed by atoms with van der Waals surface area (Å²) in [5, 5.41) is 1.32. The zero-order valence-electron chi connectivity index (χ0n) is 13.6. The molecule has 1 aromatic rings. The molecule has 1 aliphatic rings. The van der Waals surface area contributed by atoms with Crippen molar-refractivity contribution in [3.63, 3.8) is 0 Å². The molecule has 0 spiro atoms. The second-order valence-corrected chi connectivity index (χ2v) is 5.69. The van der Waals surface area contributed by atoms with Gasteiger partial charge in [0.25, 0.3) is 0 Å². The van der Waals surface area contributed by atoms with E-state index in [4.69, 9.17) is 15.3 Å². The Kier molecular flexibility index (Phi) is 5.58. The molecule has 1 heterocycles. The normalized spacial score (nSPS) is 20.5. The van der Waals surface area contributed by atoms with Crippen LogP contribution in [0, 0.1) is 0 Å². The number of rotatable bonds is 4. The summed E-state index contributed by atoms with van der Waals surface area (Å²) in [6, 6.07) is 2.47. The van der Waals surface area contributed by atoms with Crippen LogP contribution >= 0.6 is 0 Å². The summed E-state index contributed by atoms with van der Waals surface area (Å²) in [5.41, 5.74) is 5.92. The fourth-order valence-corrected chi connectivity index (χ4v) is 2.69. The first-order valence-corrected chi connectivity index (χ1v) is 7.88. The third-order valence-corrected chi connectivity index (χ3v) is 3.92. The lowest BCUT2D eigenvalue weighted by atomic mass is 9.90. The molecule has 0 saturated carbocycles. The van der Waals surface area contributed by atoms with Gasteiger partial charge in [-0.05, 0) is 43.0 Å². The molecule has 2 atom stereocenters. The van der Waals surface area contributed by atoms with Crippen LogP contribution in [0.2, 0.25) is 0 Å². The molecule has 0 bridgehead atoms. The average Bonchev–Trinajstić information content (AvgIpc) is 2.54. The van der Waals surface area contributed by atoms with Crippen molar-refractivity contribution in [1.82, 2.24) is 0 Å². The van der Waals surface area contributed by atoms with Crippen molar-refractivity contribution in [3.05, 3.63) is 29.3 Å². The Morgan fingerprint density at radius 1 is 1.38 bits per heavy atom. The van der Waals surface area contributed by atoms with Crippen LogP contribution in [0.1, 0.15) is 50.3 Å². The first-order chi connectivity index (χ1) is 11.3. The Morgan fingerprint density at radius 2 is 2.08 bits per heavy atom. The van der Waals surface area contributed by atoms with Gasteiger partial charge in [-0.15, -0.1) is 0 Å². The minimum absolute atomic E-state index is 0.211. The van der Waals surface area contributed by atoms with Gasteiger partial charge in [-0.25, -0.2) is 4.79 Å². The lowest BCUT2D eigenvalue weighted by Crippen LogP contribution is -2.43. The van der Waals surface area contributed by atoms with Gasteiger partial charge in [-0.3, -0.25) is 0 Å². The van der Waals surface area contributed by atoms with Gasteiger partial charge in [0.05, 0.1) is 23.9 Å². The van der Waals surface area contributed by atoms with Crippen molar-refractivity contribution < 1.29 is 27.5 Å². The Morgan fingerprint density at radius 3 is 2.67 bits per heavy atom. The average molecular weight is 346 g/mol. The van der Waals surface area contributed by atoms with Crippen molar-refractivity contribution in [2.45, 2.75) is 51.4 Å². The first kappa shape index (κ1) is 18.4. The third-order valence-electron chi connectivity index (χ3n) is 3.92. The zero-order chi connectivity index (χ0) is 17.9. The van der Waals surface area contributed by atoms with Gasteiger partial charge in [-0.1, -0.05) is 13.8 Å². The lowest BCUT2D eigenvalue weighted by Gasteiger charge is -2.38. The third kappa shape index (κ3) is 3.92. The summed E-state index contributed by atoms with van der Waals surface area (Å²) in [4.78, 5) is 17.0.